The van der Waals surface area contributed by atoms with E-state index in [9.17, 15) is 4.79 Å². The number of carbonyl (C=O) groups is 1. The summed E-state index contributed by atoms with van der Waals surface area (Å²) >= 11 is 0. The second-order valence-corrected chi connectivity index (χ2v) is 5.47. The predicted octanol–water partition coefficient (Wildman–Crippen LogP) is 1.65. The van der Waals surface area contributed by atoms with E-state index < -0.39 is 0 Å². The Morgan fingerprint density at radius 2 is 2.11 bits per heavy atom. The smallest absolute Gasteiger partial charge is 0.224 e. The van der Waals surface area contributed by atoms with Crippen LogP contribution in [0.3, 0.4) is 0 Å². The summed E-state index contributed by atoms with van der Waals surface area (Å²) in [5.41, 5.74) is 2.62. The Morgan fingerprint density at radius 1 is 1.33 bits per heavy atom. The quantitative estimate of drug-likeness (QED) is 0.801. The van der Waals surface area contributed by atoms with E-state index in [4.69, 9.17) is 0 Å². The van der Waals surface area contributed by atoms with E-state index in [2.05, 4.69) is 16.7 Å². The van der Waals surface area contributed by atoms with Gasteiger partial charge in [-0.2, -0.15) is 0 Å². The molecule has 0 saturated heterocycles. The summed E-state index contributed by atoms with van der Waals surface area (Å²) in [4.78, 5) is 11.9. The molecule has 0 aliphatic heterocycles. The van der Waals surface area contributed by atoms with Crippen molar-refractivity contribution in [2.24, 2.45) is 5.41 Å². The molecule has 98 valence electrons. The lowest BCUT2D eigenvalue weighted by Crippen LogP contribution is -2.35. The summed E-state index contributed by atoms with van der Waals surface area (Å²) in [7, 11) is 1.97. The molecule has 1 aliphatic carbocycles. The highest BCUT2D eigenvalue weighted by Crippen LogP contribution is 2.44. The highest BCUT2D eigenvalue weighted by Gasteiger charge is 2.41. The van der Waals surface area contributed by atoms with Gasteiger partial charge in [-0.05, 0) is 32.4 Å². The standard InChI is InChI=1S/C15H22N2O/c1-12-4-3-5-13(8-12)9-14(18)17-11-15(6-7-15)10-16-2/h3-5,8,16H,6-7,9-11H2,1-2H3,(H,17,18). The molecule has 3 heteroatoms. The molecule has 1 saturated carbocycles. The molecule has 0 atom stereocenters. The largest absolute Gasteiger partial charge is 0.355 e. The van der Waals surface area contributed by atoms with Gasteiger partial charge in [0.25, 0.3) is 0 Å². The van der Waals surface area contributed by atoms with Gasteiger partial charge in [-0.25, -0.2) is 0 Å². The third-order valence-electron chi connectivity index (χ3n) is 3.62. The third kappa shape index (κ3) is 3.57. The minimum atomic E-state index is 0.128. The highest BCUT2D eigenvalue weighted by molar-refractivity contribution is 5.78. The van der Waals surface area contributed by atoms with Crippen LogP contribution >= 0.6 is 0 Å². The maximum atomic E-state index is 11.9. The van der Waals surface area contributed by atoms with Crippen LogP contribution in [0.15, 0.2) is 24.3 Å². The molecule has 1 amide bonds. The van der Waals surface area contributed by atoms with Crippen molar-refractivity contribution in [1.82, 2.24) is 10.6 Å². The maximum absolute atomic E-state index is 11.9. The van der Waals surface area contributed by atoms with E-state index in [1.165, 1.54) is 18.4 Å². The number of aryl methyl sites for hydroxylation is 1. The molecule has 1 aliphatic rings. The maximum Gasteiger partial charge on any atom is 0.224 e. The lowest BCUT2D eigenvalue weighted by atomic mass is 10.1. The zero-order valence-electron chi connectivity index (χ0n) is 11.3. The molecule has 0 spiro atoms. The molecule has 0 bridgehead atoms. The molecule has 0 radical (unpaired) electrons. The van der Waals surface area contributed by atoms with Crippen molar-refractivity contribution in [1.29, 1.82) is 0 Å². The van der Waals surface area contributed by atoms with Crippen molar-refractivity contribution in [3.05, 3.63) is 35.4 Å². The Morgan fingerprint density at radius 3 is 2.72 bits per heavy atom. The van der Waals surface area contributed by atoms with E-state index in [0.717, 1.165) is 18.7 Å². The van der Waals surface area contributed by atoms with Gasteiger partial charge in [-0.1, -0.05) is 29.8 Å². The normalized spacial score (nSPS) is 16.3. The fraction of sp³-hybridized carbons (Fsp3) is 0.533. The van der Waals surface area contributed by atoms with Crippen molar-refractivity contribution in [2.45, 2.75) is 26.2 Å². The SMILES string of the molecule is CNCC1(CNC(=O)Cc2cccc(C)c2)CC1. The molecule has 0 heterocycles. The number of nitrogens with one attached hydrogen (secondary N) is 2. The summed E-state index contributed by atoms with van der Waals surface area (Å²) in [6, 6.07) is 8.13. The van der Waals surface area contributed by atoms with E-state index in [1.54, 1.807) is 0 Å². The number of hydrogen-bond donors (Lipinski definition) is 2. The Bertz CT molecular complexity index is 424. The topological polar surface area (TPSA) is 41.1 Å². The van der Waals surface area contributed by atoms with E-state index in [-0.39, 0.29) is 5.91 Å². The fourth-order valence-corrected chi connectivity index (χ4v) is 2.32. The number of benzene rings is 1. The number of hydrogen-bond acceptors (Lipinski definition) is 2. The van der Waals surface area contributed by atoms with Gasteiger partial charge < -0.3 is 10.6 Å². The molecule has 2 rings (SSSR count). The van der Waals surface area contributed by atoms with Gasteiger partial charge >= 0.3 is 0 Å². The zero-order valence-corrected chi connectivity index (χ0v) is 11.3. The number of amides is 1. The minimum absolute atomic E-state index is 0.128. The van der Waals surface area contributed by atoms with Gasteiger partial charge in [0.2, 0.25) is 5.91 Å². The monoisotopic (exact) mass is 246 g/mol. The van der Waals surface area contributed by atoms with E-state index in [0.29, 0.717) is 11.8 Å². The number of carbonyl (C=O) groups excluding carboxylic acids is 1. The van der Waals surface area contributed by atoms with Crippen LogP contribution in [-0.4, -0.2) is 26.0 Å². The van der Waals surface area contributed by atoms with E-state index >= 15 is 0 Å². The number of rotatable bonds is 6. The fourth-order valence-electron chi connectivity index (χ4n) is 2.32. The molecule has 18 heavy (non-hydrogen) atoms. The van der Waals surface area contributed by atoms with Crippen molar-refractivity contribution in [3.8, 4) is 0 Å². The Labute approximate surface area is 109 Å². The molecule has 2 N–H and O–H groups in total. The van der Waals surface area contributed by atoms with Gasteiger partial charge in [0.05, 0.1) is 6.42 Å². The third-order valence-corrected chi connectivity index (χ3v) is 3.62. The lowest BCUT2D eigenvalue weighted by molar-refractivity contribution is -0.120. The van der Waals surface area contributed by atoms with Crippen LogP contribution in [-0.2, 0) is 11.2 Å². The molecule has 1 aromatic rings. The van der Waals surface area contributed by atoms with Crippen molar-refractivity contribution in [3.63, 3.8) is 0 Å². The van der Waals surface area contributed by atoms with Crippen molar-refractivity contribution >= 4 is 5.91 Å². The second-order valence-electron chi connectivity index (χ2n) is 5.47. The summed E-state index contributed by atoms with van der Waals surface area (Å²) in [6.45, 7) is 3.85. The zero-order chi connectivity index (χ0) is 13.0. The van der Waals surface area contributed by atoms with Gasteiger partial charge in [0.1, 0.15) is 0 Å². The van der Waals surface area contributed by atoms with Crippen LogP contribution in [0.5, 0.6) is 0 Å². The first-order chi connectivity index (χ1) is 8.63. The molecule has 1 aromatic carbocycles. The first-order valence-electron chi connectivity index (χ1n) is 6.60. The molecular formula is C15H22N2O. The Balaban J connectivity index is 1.79. The molecule has 0 aromatic heterocycles. The average Bonchev–Trinajstić information content (AvgIpc) is 3.08. The van der Waals surface area contributed by atoms with Crippen LogP contribution in [0.25, 0.3) is 0 Å². The van der Waals surface area contributed by atoms with Crippen molar-refractivity contribution in [2.75, 3.05) is 20.1 Å². The van der Waals surface area contributed by atoms with Gasteiger partial charge in [-0.3, -0.25) is 4.79 Å². The van der Waals surface area contributed by atoms with E-state index in [1.807, 2.05) is 32.2 Å². The summed E-state index contributed by atoms with van der Waals surface area (Å²) in [5, 5.41) is 6.26. The van der Waals surface area contributed by atoms with Crippen LogP contribution in [0, 0.1) is 12.3 Å². The van der Waals surface area contributed by atoms with Gasteiger partial charge in [-0.15, -0.1) is 0 Å². The highest BCUT2D eigenvalue weighted by atomic mass is 16.1. The molecule has 1 fully saturated rings. The van der Waals surface area contributed by atoms with Crippen molar-refractivity contribution < 1.29 is 4.79 Å². The lowest BCUT2D eigenvalue weighted by Gasteiger charge is -2.15. The molecule has 3 nitrogen and oxygen atoms in total. The summed E-state index contributed by atoms with van der Waals surface area (Å²) in [5.74, 6) is 0.128. The van der Waals surface area contributed by atoms with Gasteiger partial charge in [0.15, 0.2) is 0 Å². The molecular weight excluding hydrogens is 224 g/mol. The van der Waals surface area contributed by atoms with Gasteiger partial charge in [0, 0.05) is 18.5 Å². The first kappa shape index (κ1) is 13.1. The summed E-state index contributed by atoms with van der Waals surface area (Å²) in [6.07, 6.45) is 2.93. The summed E-state index contributed by atoms with van der Waals surface area (Å²) < 4.78 is 0. The van der Waals surface area contributed by atoms with Crippen LogP contribution in [0.1, 0.15) is 24.0 Å². The minimum Gasteiger partial charge on any atom is -0.355 e. The van der Waals surface area contributed by atoms with Crippen LogP contribution < -0.4 is 10.6 Å². The first-order valence-corrected chi connectivity index (χ1v) is 6.60. The average molecular weight is 246 g/mol. The Hall–Kier alpha value is -1.35. The predicted molar refractivity (Wildman–Crippen MR) is 73.5 cm³/mol. The second kappa shape index (κ2) is 5.53. The Kier molecular flexibility index (Phi) is 4.02. The molecule has 0 unspecified atom stereocenters. The van der Waals surface area contributed by atoms with Crippen LogP contribution in [0.4, 0.5) is 0 Å². The van der Waals surface area contributed by atoms with Crippen LogP contribution in [0.2, 0.25) is 0 Å².